The molecule has 0 saturated heterocycles. The van der Waals surface area contributed by atoms with Crippen LogP contribution in [-0.2, 0) is 0 Å². The van der Waals surface area contributed by atoms with Gasteiger partial charge in [-0.25, -0.2) is 0 Å². The number of hydrogen-bond donors (Lipinski definition) is 1. The number of ketones is 1. The van der Waals surface area contributed by atoms with Crippen LogP contribution in [0, 0.1) is 11.3 Å². The molecule has 0 aliphatic heterocycles. The maximum absolute atomic E-state index is 11.0. The van der Waals surface area contributed by atoms with E-state index in [4.69, 9.17) is 10.00 Å². The van der Waals surface area contributed by atoms with E-state index in [1.54, 1.807) is 0 Å². The monoisotopic (exact) mass is 191 g/mol. The lowest BCUT2D eigenvalue weighted by molar-refractivity contribution is 0.101. The molecule has 0 aliphatic carbocycles. The van der Waals surface area contributed by atoms with Gasteiger partial charge in [-0.2, -0.15) is 5.26 Å². The second kappa shape index (κ2) is 3.79. The Kier molecular flexibility index (Phi) is 2.73. The number of nitriles is 1. The van der Waals surface area contributed by atoms with E-state index in [0.29, 0.717) is 0 Å². The SMILES string of the molecule is COc1c(C#N)ccc(C(C)=O)c1O. The molecule has 0 fully saturated rings. The molecule has 0 spiro atoms. The van der Waals surface area contributed by atoms with Crippen molar-refractivity contribution in [3.63, 3.8) is 0 Å². The van der Waals surface area contributed by atoms with E-state index in [0.717, 1.165) is 0 Å². The van der Waals surface area contributed by atoms with Gasteiger partial charge in [0.05, 0.1) is 18.2 Å². The number of carbonyl (C=O) groups excluding carboxylic acids is 1. The van der Waals surface area contributed by atoms with E-state index in [1.807, 2.05) is 6.07 Å². The molecule has 1 aromatic rings. The number of benzene rings is 1. The topological polar surface area (TPSA) is 70.3 Å². The van der Waals surface area contributed by atoms with Gasteiger partial charge in [0.1, 0.15) is 6.07 Å². The molecule has 14 heavy (non-hydrogen) atoms. The minimum atomic E-state index is -0.279. The summed E-state index contributed by atoms with van der Waals surface area (Å²) in [5.74, 6) is -0.510. The summed E-state index contributed by atoms with van der Waals surface area (Å²) in [5.41, 5.74) is 0.357. The van der Waals surface area contributed by atoms with Crippen molar-refractivity contribution in [2.24, 2.45) is 0 Å². The number of nitrogens with zero attached hydrogens (tertiary/aromatic N) is 1. The minimum Gasteiger partial charge on any atom is -0.504 e. The van der Waals surface area contributed by atoms with Gasteiger partial charge in [-0.3, -0.25) is 4.79 Å². The second-order valence-corrected chi connectivity index (χ2v) is 2.71. The van der Waals surface area contributed by atoms with Gasteiger partial charge in [-0.1, -0.05) is 0 Å². The van der Waals surface area contributed by atoms with Crippen molar-refractivity contribution in [2.45, 2.75) is 6.92 Å². The van der Waals surface area contributed by atoms with Gasteiger partial charge in [0.2, 0.25) is 0 Å². The van der Waals surface area contributed by atoms with E-state index < -0.39 is 0 Å². The van der Waals surface area contributed by atoms with Crippen molar-refractivity contribution in [3.05, 3.63) is 23.3 Å². The van der Waals surface area contributed by atoms with E-state index >= 15 is 0 Å². The zero-order chi connectivity index (χ0) is 10.7. The molecule has 0 bridgehead atoms. The highest BCUT2D eigenvalue weighted by Gasteiger charge is 2.15. The molecule has 0 atom stereocenters. The Hall–Kier alpha value is -2.02. The molecule has 0 aliphatic rings. The lowest BCUT2D eigenvalue weighted by Crippen LogP contribution is -1.97. The highest BCUT2D eigenvalue weighted by molar-refractivity contribution is 5.97. The minimum absolute atomic E-state index is 0.0419. The smallest absolute Gasteiger partial charge is 0.179 e. The molecule has 72 valence electrons. The fourth-order valence-corrected chi connectivity index (χ4v) is 1.15. The quantitative estimate of drug-likeness (QED) is 0.718. The number of rotatable bonds is 2. The van der Waals surface area contributed by atoms with Crippen LogP contribution in [0.4, 0.5) is 0 Å². The lowest BCUT2D eigenvalue weighted by atomic mass is 10.1. The van der Waals surface area contributed by atoms with Gasteiger partial charge in [-0.05, 0) is 19.1 Å². The summed E-state index contributed by atoms with van der Waals surface area (Å²) in [7, 11) is 1.33. The van der Waals surface area contributed by atoms with Crippen molar-refractivity contribution in [2.75, 3.05) is 7.11 Å². The van der Waals surface area contributed by atoms with E-state index in [1.165, 1.54) is 26.2 Å². The highest BCUT2D eigenvalue weighted by atomic mass is 16.5. The molecule has 1 N–H and O–H groups in total. The largest absolute Gasteiger partial charge is 0.504 e. The zero-order valence-electron chi connectivity index (χ0n) is 7.87. The highest BCUT2D eigenvalue weighted by Crippen LogP contribution is 2.33. The molecule has 4 heteroatoms. The first-order valence-electron chi connectivity index (χ1n) is 3.92. The van der Waals surface area contributed by atoms with Crippen LogP contribution in [0.1, 0.15) is 22.8 Å². The van der Waals surface area contributed by atoms with E-state index in [-0.39, 0.29) is 28.4 Å². The number of ether oxygens (including phenoxy) is 1. The molecule has 1 aromatic carbocycles. The fraction of sp³-hybridized carbons (Fsp3) is 0.200. The summed E-state index contributed by atoms with van der Waals surface area (Å²) in [6, 6.07) is 4.70. The first-order chi connectivity index (χ1) is 6.61. The molecule has 0 radical (unpaired) electrons. The Morgan fingerprint density at radius 1 is 1.57 bits per heavy atom. The van der Waals surface area contributed by atoms with Crippen LogP contribution < -0.4 is 4.74 Å². The number of phenolic OH excluding ortho intramolecular Hbond substituents is 1. The average Bonchev–Trinajstić information content (AvgIpc) is 2.16. The Labute approximate surface area is 81.4 Å². The Balaban J connectivity index is 3.44. The fourth-order valence-electron chi connectivity index (χ4n) is 1.15. The van der Waals surface area contributed by atoms with Gasteiger partial charge in [-0.15, -0.1) is 0 Å². The van der Waals surface area contributed by atoms with Gasteiger partial charge in [0.15, 0.2) is 17.3 Å². The van der Waals surface area contributed by atoms with E-state index in [2.05, 4.69) is 0 Å². The maximum Gasteiger partial charge on any atom is 0.179 e. The number of hydrogen-bond acceptors (Lipinski definition) is 4. The van der Waals surface area contributed by atoms with Crippen LogP contribution in [0.2, 0.25) is 0 Å². The van der Waals surface area contributed by atoms with E-state index in [9.17, 15) is 9.90 Å². The van der Waals surface area contributed by atoms with Crippen LogP contribution in [0.15, 0.2) is 12.1 Å². The number of aromatic hydroxyl groups is 1. The molecule has 0 amide bonds. The number of phenols is 1. The first-order valence-corrected chi connectivity index (χ1v) is 3.92. The lowest BCUT2D eigenvalue weighted by Gasteiger charge is -2.07. The third kappa shape index (κ3) is 1.52. The average molecular weight is 191 g/mol. The number of Topliss-reactive ketones (excluding diaryl/α,β-unsaturated/α-hetero) is 1. The molecular formula is C10H9NO3. The van der Waals surface area contributed by atoms with Crippen LogP contribution >= 0.6 is 0 Å². The molecule has 0 saturated carbocycles. The summed E-state index contributed by atoms with van der Waals surface area (Å²) in [6.07, 6.45) is 0. The van der Waals surface area contributed by atoms with Crippen LogP contribution in [0.25, 0.3) is 0 Å². The number of carbonyl (C=O) groups is 1. The van der Waals surface area contributed by atoms with Crippen molar-refractivity contribution in [3.8, 4) is 17.6 Å². The second-order valence-electron chi connectivity index (χ2n) is 2.71. The van der Waals surface area contributed by atoms with Gasteiger partial charge in [0, 0.05) is 0 Å². The zero-order valence-corrected chi connectivity index (χ0v) is 7.87. The predicted molar refractivity (Wildman–Crippen MR) is 49.4 cm³/mol. The van der Waals surface area contributed by atoms with Gasteiger partial charge >= 0.3 is 0 Å². The summed E-state index contributed by atoms with van der Waals surface area (Å²) < 4.78 is 4.83. The third-order valence-corrected chi connectivity index (χ3v) is 1.84. The number of methoxy groups -OCH3 is 1. The first kappa shape index (κ1) is 10.1. The summed E-state index contributed by atoms with van der Waals surface area (Å²) in [6.45, 7) is 1.33. The van der Waals surface area contributed by atoms with Crippen LogP contribution in [0.5, 0.6) is 11.5 Å². The van der Waals surface area contributed by atoms with Crippen molar-refractivity contribution >= 4 is 5.78 Å². The van der Waals surface area contributed by atoms with Gasteiger partial charge in [0.25, 0.3) is 0 Å². The third-order valence-electron chi connectivity index (χ3n) is 1.84. The van der Waals surface area contributed by atoms with Crippen LogP contribution in [0.3, 0.4) is 0 Å². The summed E-state index contributed by atoms with van der Waals surface area (Å²) >= 11 is 0. The normalized spacial score (nSPS) is 9.21. The molecular weight excluding hydrogens is 182 g/mol. The van der Waals surface area contributed by atoms with Crippen molar-refractivity contribution in [1.29, 1.82) is 5.26 Å². The molecule has 1 rings (SSSR count). The van der Waals surface area contributed by atoms with Crippen molar-refractivity contribution < 1.29 is 14.6 Å². The Bertz CT molecular complexity index is 418. The predicted octanol–water partition coefficient (Wildman–Crippen LogP) is 1.48. The summed E-state index contributed by atoms with van der Waals surface area (Å²) in [4.78, 5) is 11.0. The van der Waals surface area contributed by atoms with Crippen molar-refractivity contribution in [1.82, 2.24) is 0 Å². The molecule has 0 unspecified atom stereocenters. The standard InChI is InChI=1S/C10H9NO3/c1-6(12)8-4-3-7(5-11)10(14-2)9(8)13/h3-4,13H,1-2H3. The summed E-state index contributed by atoms with van der Waals surface area (Å²) in [5, 5.41) is 18.3. The molecule has 4 nitrogen and oxygen atoms in total. The Morgan fingerprint density at radius 2 is 2.21 bits per heavy atom. The van der Waals surface area contributed by atoms with Gasteiger partial charge < -0.3 is 9.84 Å². The maximum atomic E-state index is 11.0. The Morgan fingerprint density at radius 3 is 2.64 bits per heavy atom. The molecule has 0 heterocycles. The molecule has 0 aromatic heterocycles. The van der Waals surface area contributed by atoms with Crippen LogP contribution in [-0.4, -0.2) is 18.0 Å².